The molecule has 1 N–H and O–H groups in total. The molecule has 1 saturated heterocycles. The molecule has 150 valence electrons. The number of morpholine rings is 1. The smallest absolute Gasteiger partial charge is 0.224 e. The summed E-state index contributed by atoms with van der Waals surface area (Å²) in [6, 6.07) is 11.6. The van der Waals surface area contributed by atoms with Gasteiger partial charge in [0.1, 0.15) is 11.6 Å². The van der Waals surface area contributed by atoms with E-state index in [0.29, 0.717) is 30.5 Å². The number of nitrogens with zero attached hydrogens (tertiary/aromatic N) is 1. The Morgan fingerprint density at radius 3 is 2.64 bits per heavy atom. The zero-order valence-electron chi connectivity index (χ0n) is 15.8. The lowest BCUT2D eigenvalue weighted by Gasteiger charge is -2.35. The van der Waals surface area contributed by atoms with Gasteiger partial charge in [-0.15, -0.1) is 0 Å². The van der Waals surface area contributed by atoms with E-state index >= 15 is 0 Å². The van der Waals surface area contributed by atoms with Gasteiger partial charge in [0.15, 0.2) is 0 Å². The van der Waals surface area contributed by atoms with Gasteiger partial charge < -0.3 is 14.8 Å². The first kappa shape index (κ1) is 20.6. The van der Waals surface area contributed by atoms with Gasteiger partial charge in [-0.1, -0.05) is 23.7 Å². The molecule has 1 fully saturated rings. The summed E-state index contributed by atoms with van der Waals surface area (Å²) >= 11 is 6.04. The lowest BCUT2D eigenvalue weighted by Crippen LogP contribution is -2.44. The zero-order valence-corrected chi connectivity index (χ0v) is 16.5. The number of methoxy groups -OCH3 is 1. The maximum Gasteiger partial charge on any atom is 0.224 e. The van der Waals surface area contributed by atoms with Gasteiger partial charge in [0.05, 0.1) is 32.8 Å². The minimum Gasteiger partial charge on any atom is -0.496 e. The van der Waals surface area contributed by atoms with Crippen molar-refractivity contribution < 1.29 is 18.7 Å². The van der Waals surface area contributed by atoms with Crippen LogP contribution >= 0.6 is 11.6 Å². The number of nitrogens with one attached hydrogen (secondary N) is 1. The van der Waals surface area contributed by atoms with Crippen LogP contribution in [0, 0.1) is 5.82 Å². The summed E-state index contributed by atoms with van der Waals surface area (Å²) in [6.07, 6.45) is 0.170. The molecule has 0 spiro atoms. The average molecular weight is 407 g/mol. The molecule has 0 aliphatic carbocycles. The number of ether oxygens (including phenoxy) is 2. The molecule has 1 atom stereocenters. The highest BCUT2D eigenvalue weighted by molar-refractivity contribution is 6.30. The number of hydrogen-bond acceptors (Lipinski definition) is 4. The fourth-order valence-electron chi connectivity index (χ4n) is 3.36. The van der Waals surface area contributed by atoms with Crippen LogP contribution in [0.4, 0.5) is 4.39 Å². The van der Waals surface area contributed by atoms with E-state index in [-0.39, 0.29) is 24.2 Å². The highest BCUT2D eigenvalue weighted by Gasteiger charge is 2.23. The maximum absolute atomic E-state index is 13.3. The standard InChI is InChI=1S/C21H24ClFN2O3/c1-27-20-7-4-17(22)12-16(20)13-21(26)24-14-19(25-8-10-28-11-9-25)15-2-5-18(23)6-3-15/h2-7,12,19H,8-11,13-14H2,1H3,(H,24,26). The van der Waals surface area contributed by atoms with Crippen LogP contribution in [-0.2, 0) is 16.0 Å². The topological polar surface area (TPSA) is 50.8 Å². The van der Waals surface area contributed by atoms with Crippen LogP contribution in [0.15, 0.2) is 42.5 Å². The summed E-state index contributed by atoms with van der Waals surface area (Å²) in [4.78, 5) is 14.8. The van der Waals surface area contributed by atoms with Gasteiger partial charge in [0.2, 0.25) is 5.91 Å². The molecule has 1 aliphatic heterocycles. The van der Waals surface area contributed by atoms with Crippen LogP contribution in [0.2, 0.25) is 5.02 Å². The predicted octanol–water partition coefficient (Wildman–Crippen LogP) is 3.22. The monoisotopic (exact) mass is 406 g/mol. The van der Waals surface area contributed by atoms with Crippen molar-refractivity contribution >= 4 is 17.5 Å². The normalized spacial score (nSPS) is 15.8. The molecule has 0 aromatic heterocycles. The third kappa shape index (κ3) is 5.44. The number of rotatable bonds is 7. The van der Waals surface area contributed by atoms with Crippen molar-refractivity contribution in [2.45, 2.75) is 12.5 Å². The first-order valence-electron chi connectivity index (χ1n) is 9.23. The molecular weight excluding hydrogens is 383 g/mol. The summed E-state index contributed by atoms with van der Waals surface area (Å²) in [6.45, 7) is 3.24. The fourth-order valence-corrected chi connectivity index (χ4v) is 3.56. The lowest BCUT2D eigenvalue weighted by atomic mass is 10.0. The van der Waals surface area contributed by atoms with Crippen molar-refractivity contribution in [2.75, 3.05) is 40.0 Å². The summed E-state index contributed by atoms with van der Waals surface area (Å²) in [5, 5.41) is 3.56. The van der Waals surface area contributed by atoms with E-state index in [4.69, 9.17) is 21.1 Å². The first-order chi connectivity index (χ1) is 13.6. The van der Waals surface area contributed by atoms with E-state index in [0.717, 1.165) is 24.2 Å². The zero-order chi connectivity index (χ0) is 19.9. The van der Waals surface area contributed by atoms with Crippen LogP contribution in [0.25, 0.3) is 0 Å². The highest BCUT2D eigenvalue weighted by Crippen LogP contribution is 2.24. The van der Waals surface area contributed by atoms with Crippen molar-refractivity contribution in [3.63, 3.8) is 0 Å². The van der Waals surface area contributed by atoms with Crippen LogP contribution < -0.4 is 10.1 Å². The molecule has 1 amide bonds. The molecule has 0 saturated carbocycles. The third-order valence-corrected chi connectivity index (χ3v) is 5.06. The largest absolute Gasteiger partial charge is 0.496 e. The second kappa shape index (κ2) is 9.87. The number of hydrogen-bond donors (Lipinski definition) is 1. The van der Waals surface area contributed by atoms with Crippen molar-refractivity contribution in [1.29, 1.82) is 0 Å². The second-order valence-electron chi connectivity index (χ2n) is 6.65. The summed E-state index contributed by atoms with van der Waals surface area (Å²) < 4.78 is 24.1. The molecule has 28 heavy (non-hydrogen) atoms. The summed E-state index contributed by atoms with van der Waals surface area (Å²) in [5.74, 6) is 0.227. The van der Waals surface area contributed by atoms with Gasteiger partial charge in [0.25, 0.3) is 0 Å². The third-order valence-electron chi connectivity index (χ3n) is 4.83. The van der Waals surface area contributed by atoms with E-state index in [2.05, 4.69) is 10.2 Å². The van der Waals surface area contributed by atoms with Gasteiger partial charge in [-0.2, -0.15) is 0 Å². The van der Waals surface area contributed by atoms with E-state index < -0.39 is 0 Å². The number of benzene rings is 2. The van der Waals surface area contributed by atoms with Crippen LogP contribution in [0.5, 0.6) is 5.75 Å². The van der Waals surface area contributed by atoms with Crippen LogP contribution in [0.1, 0.15) is 17.2 Å². The molecule has 5 nitrogen and oxygen atoms in total. The SMILES string of the molecule is COc1ccc(Cl)cc1CC(=O)NCC(c1ccc(F)cc1)N1CCOCC1. The van der Waals surface area contributed by atoms with Crippen molar-refractivity contribution in [3.05, 3.63) is 64.4 Å². The molecule has 1 heterocycles. The molecule has 0 radical (unpaired) electrons. The molecule has 7 heteroatoms. The quantitative estimate of drug-likeness (QED) is 0.767. The summed E-state index contributed by atoms with van der Waals surface area (Å²) in [5.41, 5.74) is 1.70. The summed E-state index contributed by atoms with van der Waals surface area (Å²) in [7, 11) is 1.56. The molecule has 1 unspecified atom stereocenters. The lowest BCUT2D eigenvalue weighted by molar-refractivity contribution is -0.120. The van der Waals surface area contributed by atoms with Crippen molar-refractivity contribution in [3.8, 4) is 5.75 Å². The minimum atomic E-state index is -0.276. The number of carbonyl (C=O) groups excluding carboxylic acids is 1. The van der Waals surface area contributed by atoms with Gasteiger partial charge in [0, 0.05) is 30.2 Å². The number of halogens is 2. The Labute approximate surface area is 169 Å². The number of amides is 1. The fraction of sp³-hybridized carbons (Fsp3) is 0.381. The maximum atomic E-state index is 13.3. The molecule has 2 aromatic carbocycles. The van der Waals surface area contributed by atoms with Crippen molar-refractivity contribution in [1.82, 2.24) is 10.2 Å². The Kier molecular flexibility index (Phi) is 7.25. The molecule has 0 bridgehead atoms. The van der Waals surface area contributed by atoms with Crippen molar-refractivity contribution in [2.24, 2.45) is 0 Å². The molecule has 2 aromatic rings. The highest BCUT2D eigenvalue weighted by atomic mass is 35.5. The van der Waals surface area contributed by atoms with Gasteiger partial charge in [-0.3, -0.25) is 9.69 Å². The second-order valence-corrected chi connectivity index (χ2v) is 7.09. The van der Waals surface area contributed by atoms with Crippen LogP contribution in [-0.4, -0.2) is 50.8 Å². The van der Waals surface area contributed by atoms with Gasteiger partial charge >= 0.3 is 0 Å². The Morgan fingerprint density at radius 1 is 1.25 bits per heavy atom. The Balaban J connectivity index is 1.68. The predicted molar refractivity (Wildman–Crippen MR) is 106 cm³/mol. The molecular formula is C21H24ClFN2O3. The first-order valence-corrected chi connectivity index (χ1v) is 9.61. The Morgan fingerprint density at radius 2 is 1.96 bits per heavy atom. The Bertz CT molecular complexity index is 795. The Hall–Kier alpha value is -2.15. The van der Waals surface area contributed by atoms with Gasteiger partial charge in [-0.05, 0) is 35.9 Å². The van der Waals surface area contributed by atoms with E-state index in [1.807, 2.05) is 0 Å². The van der Waals surface area contributed by atoms with E-state index in [1.165, 1.54) is 12.1 Å². The number of carbonyl (C=O) groups is 1. The van der Waals surface area contributed by atoms with E-state index in [9.17, 15) is 9.18 Å². The molecule has 1 aliphatic rings. The molecule has 3 rings (SSSR count). The van der Waals surface area contributed by atoms with Crippen LogP contribution in [0.3, 0.4) is 0 Å². The average Bonchev–Trinajstić information content (AvgIpc) is 2.70. The van der Waals surface area contributed by atoms with E-state index in [1.54, 1.807) is 37.4 Å². The minimum absolute atomic E-state index is 0.0466. The van der Waals surface area contributed by atoms with Gasteiger partial charge in [-0.25, -0.2) is 4.39 Å².